The molecule has 10 heteroatoms. The molecular weight excluding hydrogens is 389 g/mol. The largest absolute Gasteiger partial charge is 0.370 e. The number of rotatable bonds is 3. The minimum Gasteiger partial charge on any atom is -0.370 e. The fourth-order valence-corrected chi connectivity index (χ4v) is 3.71. The molecule has 0 N–H and O–H groups in total. The van der Waals surface area contributed by atoms with Gasteiger partial charge in [0.05, 0.1) is 43.7 Å². The van der Waals surface area contributed by atoms with Gasteiger partial charge in [0.15, 0.2) is 17.5 Å². The van der Waals surface area contributed by atoms with Crippen LogP contribution in [0.5, 0.6) is 0 Å². The summed E-state index contributed by atoms with van der Waals surface area (Å²) in [7, 11) is 0. The molecule has 0 radical (unpaired) electrons. The highest BCUT2D eigenvalue weighted by molar-refractivity contribution is 5.95. The maximum atomic E-state index is 13.5. The Morgan fingerprint density at radius 1 is 1.28 bits per heavy atom. The van der Waals surface area contributed by atoms with Gasteiger partial charge in [0, 0.05) is 12.6 Å². The highest BCUT2D eigenvalue weighted by Gasteiger charge is 2.33. The van der Waals surface area contributed by atoms with Gasteiger partial charge in [-0.25, -0.2) is 13.2 Å². The average molecular weight is 408 g/mol. The van der Waals surface area contributed by atoms with Crippen molar-refractivity contribution in [1.82, 2.24) is 14.7 Å². The lowest BCUT2D eigenvalue weighted by Gasteiger charge is -2.36. The summed E-state index contributed by atoms with van der Waals surface area (Å²) in [4.78, 5) is 28.2. The third-order valence-electron chi connectivity index (χ3n) is 5.21. The number of fused-ring (bicyclic) bond motifs is 1. The summed E-state index contributed by atoms with van der Waals surface area (Å²) >= 11 is 0. The number of hydrogen-bond donors (Lipinski definition) is 0. The van der Waals surface area contributed by atoms with E-state index < -0.39 is 17.5 Å². The zero-order valence-corrected chi connectivity index (χ0v) is 15.7. The van der Waals surface area contributed by atoms with Gasteiger partial charge in [-0.3, -0.25) is 14.3 Å². The first-order chi connectivity index (χ1) is 13.8. The summed E-state index contributed by atoms with van der Waals surface area (Å²) in [5.41, 5.74) is 1.39. The van der Waals surface area contributed by atoms with Gasteiger partial charge in [-0.2, -0.15) is 5.10 Å². The van der Waals surface area contributed by atoms with Gasteiger partial charge >= 0.3 is 0 Å². The Morgan fingerprint density at radius 2 is 2.00 bits per heavy atom. The maximum Gasteiger partial charge on any atom is 0.253 e. The fraction of sp³-hybridized carbons (Fsp3) is 0.421. The van der Waals surface area contributed by atoms with Crippen molar-refractivity contribution >= 4 is 17.5 Å². The molecule has 0 spiro atoms. The van der Waals surface area contributed by atoms with Crippen LogP contribution >= 0.6 is 0 Å². The van der Waals surface area contributed by atoms with Crippen molar-refractivity contribution in [3.05, 3.63) is 47.0 Å². The molecule has 2 aliphatic rings. The van der Waals surface area contributed by atoms with Crippen molar-refractivity contribution in [3.8, 4) is 0 Å². The summed E-state index contributed by atoms with van der Waals surface area (Å²) in [6.45, 7) is 3.27. The van der Waals surface area contributed by atoms with E-state index in [1.165, 1.54) is 0 Å². The molecule has 4 rings (SSSR count). The number of anilines is 1. The third kappa shape index (κ3) is 3.59. The molecule has 1 saturated heterocycles. The van der Waals surface area contributed by atoms with Crippen LogP contribution < -0.4 is 4.90 Å². The number of nitrogens with zero attached hydrogens (tertiary/aromatic N) is 4. The van der Waals surface area contributed by atoms with Crippen molar-refractivity contribution in [3.63, 3.8) is 0 Å². The Morgan fingerprint density at radius 3 is 2.69 bits per heavy atom. The van der Waals surface area contributed by atoms with Gasteiger partial charge in [-0.1, -0.05) is 0 Å². The number of morpholine rings is 1. The average Bonchev–Trinajstić information content (AvgIpc) is 3.08. The topological polar surface area (TPSA) is 67.7 Å². The van der Waals surface area contributed by atoms with Gasteiger partial charge in [0.2, 0.25) is 5.91 Å². The van der Waals surface area contributed by atoms with Crippen molar-refractivity contribution < 1.29 is 27.5 Å². The number of ether oxygens (including phenoxy) is 1. The highest BCUT2D eigenvalue weighted by Crippen LogP contribution is 2.28. The van der Waals surface area contributed by atoms with Crippen LogP contribution in [0, 0.1) is 17.5 Å². The van der Waals surface area contributed by atoms with E-state index in [1.807, 2.05) is 6.92 Å². The minimum absolute atomic E-state index is 0.00857. The third-order valence-corrected chi connectivity index (χ3v) is 5.21. The molecule has 0 bridgehead atoms. The van der Waals surface area contributed by atoms with Gasteiger partial charge in [0.1, 0.15) is 6.61 Å². The zero-order chi connectivity index (χ0) is 20.7. The first-order valence-corrected chi connectivity index (χ1v) is 9.21. The van der Waals surface area contributed by atoms with E-state index in [9.17, 15) is 22.8 Å². The number of aromatic nitrogens is 2. The first kappa shape index (κ1) is 19.4. The van der Waals surface area contributed by atoms with Crippen LogP contribution in [-0.4, -0.2) is 52.3 Å². The Balaban J connectivity index is 1.56. The molecule has 1 aromatic heterocycles. The van der Waals surface area contributed by atoms with Crippen LogP contribution in [0.1, 0.15) is 18.2 Å². The van der Waals surface area contributed by atoms with Gasteiger partial charge in [-0.05, 0) is 24.6 Å². The van der Waals surface area contributed by atoms with Crippen LogP contribution in [0.15, 0.2) is 18.3 Å². The van der Waals surface area contributed by atoms with Crippen molar-refractivity contribution in [2.45, 2.75) is 32.5 Å². The molecule has 0 saturated carbocycles. The summed E-state index contributed by atoms with van der Waals surface area (Å²) in [5.74, 6) is -4.75. The van der Waals surface area contributed by atoms with E-state index in [0.29, 0.717) is 31.1 Å². The molecule has 1 atom stereocenters. The molecule has 2 amide bonds. The number of benzene rings is 1. The van der Waals surface area contributed by atoms with Crippen LogP contribution in [0.4, 0.5) is 18.9 Å². The predicted octanol–water partition coefficient (Wildman–Crippen LogP) is 1.64. The minimum atomic E-state index is -1.56. The lowest BCUT2D eigenvalue weighted by molar-refractivity contribution is -0.134. The lowest BCUT2D eigenvalue weighted by atomic mass is 10.1. The molecule has 0 aliphatic carbocycles. The van der Waals surface area contributed by atoms with Gasteiger partial charge < -0.3 is 14.5 Å². The summed E-state index contributed by atoms with van der Waals surface area (Å²) in [5, 5.41) is 4.33. The molecule has 3 heterocycles. The van der Waals surface area contributed by atoms with Crippen LogP contribution in [0.2, 0.25) is 0 Å². The standard InChI is InChI=1S/C19H19F3N4O3/c1-11-8-26-16(15(7-23-26)24-2-3-29-10-18(24)28)9-25(11)17(27)6-12-4-13(20)19(22)14(21)5-12/h4-5,7,11H,2-3,6,8-10H2,1H3/t11-/m0/s1. The second-order valence-corrected chi connectivity index (χ2v) is 7.18. The fourth-order valence-electron chi connectivity index (χ4n) is 3.71. The lowest BCUT2D eigenvalue weighted by Crippen LogP contribution is -2.47. The number of halogens is 3. The zero-order valence-electron chi connectivity index (χ0n) is 15.7. The van der Waals surface area contributed by atoms with E-state index in [2.05, 4.69) is 5.10 Å². The Labute approximate surface area is 164 Å². The van der Waals surface area contributed by atoms with Gasteiger partial charge in [0.25, 0.3) is 5.91 Å². The predicted molar refractivity (Wildman–Crippen MR) is 95.4 cm³/mol. The van der Waals surface area contributed by atoms with Crippen LogP contribution in [-0.2, 0) is 33.8 Å². The summed E-state index contributed by atoms with van der Waals surface area (Å²) < 4.78 is 47.0. The van der Waals surface area contributed by atoms with E-state index in [1.54, 1.807) is 20.7 Å². The number of amides is 2. The van der Waals surface area contributed by atoms with Gasteiger partial charge in [-0.15, -0.1) is 0 Å². The van der Waals surface area contributed by atoms with E-state index >= 15 is 0 Å². The van der Waals surface area contributed by atoms with Crippen molar-refractivity contribution in [1.29, 1.82) is 0 Å². The molecule has 7 nitrogen and oxygen atoms in total. The molecule has 0 unspecified atom stereocenters. The second kappa shape index (κ2) is 7.51. The molecule has 29 heavy (non-hydrogen) atoms. The second-order valence-electron chi connectivity index (χ2n) is 7.18. The Hall–Kier alpha value is -2.88. The van der Waals surface area contributed by atoms with Crippen molar-refractivity contribution in [2.75, 3.05) is 24.7 Å². The molecule has 2 aromatic rings. The van der Waals surface area contributed by atoms with E-state index in [4.69, 9.17) is 4.74 Å². The van der Waals surface area contributed by atoms with Crippen LogP contribution in [0.3, 0.4) is 0 Å². The highest BCUT2D eigenvalue weighted by atomic mass is 19.2. The summed E-state index contributed by atoms with van der Waals surface area (Å²) in [6.07, 6.45) is 1.34. The molecule has 1 aromatic carbocycles. The monoisotopic (exact) mass is 408 g/mol. The molecule has 1 fully saturated rings. The maximum absolute atomic E-state index is 13.5. The Kier molecular flexibility index (Phi) is 5.03. The molecule has 2 aliphatic heterocycles. The molecule has 154 valence electrons. The normalized spacial score (nSPS) is 19.4. The smallest absolute Gasteiger partial charge is 0.253 e. The number of hydrogen-bond acceptors (Lipinski definition) is 4. The first-order valence-electron chi connectivity index (χ1n) is 9.21. The number of carbonyl (C=O) groups is 2. The number of carbonyl (C=O) groups excluding carboxylic acids is 2. The summed E-state index contributed by atoms with van der Waals surface area (Å²) in [6, 6.07) is 1.44. The Bertz CT molecular complexity index is 955. The van der Waals surface area contributed by atoms with E-state index in [-0.39, 0.29) is 43.0 Å². The quantitative estimate of drug-likeness (QED) is 0.725. The van der Waals surface area contributed by atoms with Crippen molar-refractivity contribution in [2.24, 2.45) is 0 Å². The van der Waals surface area contributed by atoms with E-state index in [0.717, 1.165) is 12.1 Å². The molecular formula is C19H19F3N4O3. The SMILES string of the molecule is C[C@H]1Cn2ncc(N3CCOCC3=O)c2CN1C(=O)Cc1cc(F)c(F)c(F)c1. The van der Waals surface area contributed by atoms with Crippen LogP contribution in [0.25, 0.3) is 0 Å².